The molecule has 0 bridgehead atoms. The number of nitrogens with one attached hydrogen (secondary N) is 3. The number of nitrogens with zero attached hydrogens (tertiary/aromatic N) is 3. The molecule has 0 aliphatic carbocycles. The summed E-state index contributed by atoms with van der Waals surface area (Å²) in [5, 5.41) is 6.33. The Bertz CT molecular complexity index is 1990. The summed E-state index contributed by atoms with van der Waals surface area (Å²) in [7, 11) is 2.15. The number of amides is 4. The summed E-state index contributed by atoms with van der Waals surface area (Å²) < 4.78 is 0. The fraction of sp³-hybridized carbons (Fsp3) is 0.342. The van der Waals surface area contributed by atoms with Gasteiger partial charge in [-0.05, 0) is 93.6 Å². The van der Waals surface area contributed by atoms with Crippen LogP contribution in [0.2, 0.25) is 0 Å². The van der Waals surface area contributed by atoms with E-state index in [1.165, 1.54) is 12.1 Å². The number of hydrogen-bond acceptors (Lipinski definition) is 6. The van der Waals surface area contributed by atoms with Crippen molar-refractivity contribution >= 4 is 40.3 Å². The fourth-order valence-corrected chi connectivity index (χ4v) is 7.06. The molecule has 3 N–H and O–H groups in total. The second kappa shape index (κ2) is 13.5. The number of carbonyl (C=O) groups excluding carboxylic acids is 4. The summed E-state index contributed by atoms with van der Waals surface area (Å²) in [4.78, 5) is 62.0. The first-order valence-electron chi connectivity index (χ1n) is 16.7. The number of anilines is 1. The van der Waals surface area contributed by atoms with Crippen LogP contribution >= 0.6 is 0 Å². The number of likely N-dealkylation sites (tertiary alicyclic amines) is 1. The van der Waals surface area contributed by atoms with Crippen molar-refractivity contribution < 1.29 is 19.2 Å². The van der Waals surface area contributed by atoms with Crippen molar-refractivity contribution in [2.45, 2.75) is 70.0 Å². The van der Waals surface area contributed by atoms with E-state index in [4.69, 9.17) is 0 Å². The first-order chi connectivity index (χ1) is 23.3. The predicted octanol–water partition coefficient (Wildman–Crippen LogP) is 5.11. The molecule has 0 radical (unpaired) electrons. The van der Waals surface area contributed by atoms with E-state index in [1.54, 1.807) is 17.2 Å². The number of aromatic nitrogens is 2. The number of piperidine rings is 1. The normalized spacial score (nSPS) is 19.3. The Morgan fingerprint density at radius 3 is 2.75 bits per heavy atom. The van der Waals surface area contributed by atoms with Crippen LogP contribution in [0.3, 0.4) is 0 Å². The van der Waals surface area contributed by atoms with Crippen molar-refractivity contribution in [3.8, 4) is 11.8 Å². The van der Waals surface area contributed by atoms with Gasteiger partial charge in [0, 0.05) is 65.5 Å². The molecule has 3 aliphatic heterocycles. The van der Waals surface area contributed by atoms with Gasteiger partial charge in [-0.1, -0.05) is 30.0 Å². The molecular formula is C38H38N6O4. The Balaban J connectivity index is 0.913. The van der Waals surface area contributed by atoms with Crippen LogP contribution < -0.4 is 10.6 Å². The lowest BCUT2D eigenvalue weighted by molar-refractivity contribution is -0.136. The zero-order chi connectivity index (χ0) is 33.2. The zero-order valence-corrected chi connectivity index (χ0v) is 27.0. The lowest BCUT2D eigenvalue weighted by Gasteiger charge is -2.29. The highest BCUT2D eigenvalue weighted by molar-refractivity contribution is 6.06. The number of rotatable bonds is 8. The minimum atomic E-state index is -0.643. The Labute approximate surface area is 279 Å². The van der Waals surface area contributed by atoms with Crippen molar-refractivity contribution in [3.63, 3.8) is 0 Å². The van der Waals surface area contributed by atoms with Crippen LogP contribution in [0.1, 0.15) is 94.1 Å². The highest BCUT2D eigenvalue weighted by Gasteiger charge is 2.39. The minimum Gasteiger partial charge on any atom is -0.357 e. The lowest BCUT2D eigenvalue weighted by atomic mass is 10.0. The van der Waals surface area contributed by atoms with Gasteiger partial charge in [0.15, 0.2) is 0 Å². The number of carbonyl (C=O) groups is 4. The molecule has 0 saturated carbocycles. The molecule has 244 valence electrons. The van der Waals surface area contributed by atoms with Gasteiger partial charge >= 0.3 is 0 Å². The maximum atomic E-state index is 13.1. The molecule has 2 saturated heterocycles. The molecule has 3 aliphatic rings. The van der Waals surface area contributed by atoms with Crippen LogP contribution in [0, 0.1) is 11.8 Å². The number of imide groups is 1. The molecule has 7 rings (SSSR count). The highest BCUT2D eigenvalue weighted by Crippen LogP contribution is 2.32. The Morgan fingerprint density at radius 1 is 1.04 bits per heavy atom. The molecule has 0 spiro atoms. The van der Waals surface area contributed by atoms with Crippen LogP contribution in [-0.2, 0) is 22.6 Å². The Kier molecular flexibility index (Phi) is 8.78. The SMILES string of the molecule is CN1CCC[C@@H]1c1cc2cnc(NC(=O)c3cccc(CCCCC#Cc4cccc5c4CN(C4CCC(=O)NC4=O)C5=O)c3)cc2[nH]1. The third-order valence-electron chi connectivity index (χ3n) is 9.66. The average Bonchev–Trinajstić information content (AvgIpc) is 3.79. The van der Waals surface area contributed by atoms with Crippen molar-refractivity contribution in [1.29, 1.82) is 0 Å². The number of aryl methyl sites for hydroxylation is 1. The fourth-order valence-electron chi connectivity index (χ4n) is 7.06. The van der Waals surface area contributed by atoms with Gasteiger partial charge in [0.2, 0.25) is 11.8 Å². The second-order valence-corrected chi connectivity index (χ2v) is 12.9. The van der Waals surface area contributed by atoms with Crippen LogP contribution in [0.25, 0.3) is 10.9 Å². The molecule has 10 heteroatoms. The van der Waals surface area contributed by atoms with Gasteiger partial charge in [-0.3, -0.25) is 29.4 Å². The van der Waals surface area contributed by atoms with Gasteiger partial charge < -0.3 is 15.2 Å². The lowest BCUT2D eigenvalue weighted by Crippen LogP contribution is -2.52. The number of aromatic amines is 1. The van der Waals surface area contributed by atoms with E-state index in [9.17, 15) is 19.2 Å². The van der Waals surface area contributed by atoms with Gasteiger partial charge in [0.05, 0.1) is 5.52 Å². The summed E-state index contributed by atoms with van der Waals surface area (Å²) in [6.07, 6.45) is 8.01. The summed E-state index contributed by atoms with van der Waals surface area (Å²) in [6, 6.07) is 17.0. The molecular weight excluding hydrogens is 604 g/mol. The zero-order valence-electron chi connectivity index (χ0n) is 27.0. The predicted molar refractivity (Wildman–Crippen MR) is 182 cm³/mol. The molecule has 2 aromatic carbocycles. The largest absolute Gasteiger partial charge is 0.357 e. The minimum absolute atomic E-state index is 0.193. The van der Waals surface area contributed by atoms with Crippen molar-refractivity contribution in [3.05, 3.63) is 94.3 Å². The van der Waals surface area contributed by atoms with Gasteiger partial charge in [-0.2, -0.15) is 0 Å². The average molecular weight is 643 g/mol. The third-order valence-corrected chi connectivity index (χ3v) is 9.66. The quantitative estimate of drug-likeness (QED) is 0.139. The first kappa shape index (κ1) is 31.3. The molecule has 1 unspecified atom stereocenters. The molecule has 4 amide bonds. The molecule has 48 heavy (non-hydrogen) atoms. The van der Waals surface area contributed by atoms with E-state index in [0.717, 1.165) is 59.8 Å². The van der Waals surface area contributed by atoms with E-state index < -0.39 is 11.9 Å². The van der Waals surface area contributed by atoms with Crippen LogP contribution in [0.5, 0.6) is 0 Å². The van der Waals surface area contributed by atoms with Gasteiger partial charge in [-0.25, -0.2) is 4.98 Å². The van der Waals surface area contributed by atoms with E-state index in [2.05, 4.69) is 50.5 Å². The Hall–Kier alpha value is -5.27. The van der Waals surface area contributed by atoms with Gasteiger partial charge in [0.25, 0.3) is 11.8 Å². The maximum absolute atomic E-state index is 13.1. The van der Waals surface area contributed by atoms with Crippen LogP contribution in [-0.4, -0.2) is 63.0 Å². The van der Waals surface area contributed by atoms with Gasteiger partial charge in [0.1, 0.15) is 11.9 Å². The van der Waals surface area contributed by atoms with Crippen molar-refractivity contribution in [2.24, 2.45) is 0 Å². The highest BCUT2D eigenvalue weighted by atomic mass is 16.2. The second-order valence-electron chi connectivity index (χ2n) is 12.9. The van der Waals surface area contributed by atoms with E-state index in [0.29, 0.717) is 42.4 Å². The maximum Gasteiger partial charge on any atom is 0.256 e. The number of benzene rings is 2. The smallest absolute Gasteiger partial charge is 0.256 e. The number of pyridine rings is 1. The number of H-pyrrole nitrogens is 1. The van der Waals surface area contributed by atoms with Crippen molar-refractivity contribution in [1.82, 2.24) is 25.1 Å². The Morgan fingerprint density at radius 2 is 1.92 bits per heavy atom. The third kappa shape index (κ3) is 6.46. The van der Waals surface area contributed by atoms with E-state index >= 15 is 0 Å². The molecule has 4 aromatic rings. The summed E-state index contributed by atoms with van der Waals surface area (Å²) in [5.74, 6) is 5.89. The van der Waals surface area contributed by atoms with Crippen LogP contribution in [0.15, 0.2) is 60.8 Å². The van der Waals surface area contributed by atoms with Crippen LogP contribution in [0.4, 0.5) is 5.82 Å². The standard InChI is InChI=1S/C38H38N6O4/c1-43-18-8-15-32(43)31-20-27-22-39-34(21-30(27)40-31)41-36(46)26-13-6-10-24(19-26)9-4-2-3-5-11-25-12-7-14-28-29(25)23-44(38(28)48)33-16-17-35(45)42-37(33)47/h6-7,10,12-14,19-22,32-33,40H,2-4,8-9,15-18,23H2,1H3,(H,39,41,46)(H,42,45,47)/t32-,33?/m1/s1. The number of fused-ring (bicyclic) bond motifs is 2. The number of hydrogen-bond donors (Lipinski definition) is 3. The van der Waals surface area contributed by atoms with E-state index in [-0.39, 0.29) is 24.1 Å². The molecule has 5 heterocycles. The summed E-state index contributed by atoms with van der Waals surface area (Å²) in [6.45, 7) is 1.41. The number of unbranched alkanes of at least 4 members (excludes halogenated alkanes) is 2. The molecule has 2 atom stereocenters. The van der Waals surface area contributed by atoms with E-state index in [1.807, 2.05) is 42.5 Å². The van der Waals surface area contributed by atoms with Crippen molar-refractivity contribution in [2.75, 3.05) is 18.9 Å². The molecule has 2 aromatic heterocycles. The summed E-state index contributed by atoms with van der Waals surface area (Å²) >= 11 is 0. The topological polar surface area (TPSA) is 128 Å². The van der Waals surface area contributed by atoms with Gasteiger partial charge in [-0.15, -0.1) is 0 Å². The first-order valence-corrected chi connectivity index (χ1v) is 16.7. The summed E-state index contributed by atoms with van der Waals surface area (Å²) in [5.41, 5.74) is 6.02. The molecule has 2 fully saturated rings. The molecule has 10 nitrogen and oxygen atoms in total. The monoisotopic (exact) mass is 642 g/mol.